The zero-order chi connectivity index (χ0) is 20.7. The summed E-state index contributed by atoms with van der Waals surface area (Å²) < 4.78 is 7.05. The first kappa shape index (κ1) is 19.3. The van der Waals surface area contributed by atoms with Crippen LogP contribution in [0.25, 0.3) is 10.9 Å². The highest BCUT2D eigenvalue weighted by Crippen LogP contribution is 2.28. The molecule has 0 unspecified atom stereocenters. The van der Waals surface area contributed by atoms with Gasteiger partial charge in [0.1, 0.15) is 5.69 Å². The van der Waals surface area contributed by atoms with Crippen LogP contribution in [-0.2, 0) is 17.8 Å². The van der Waals surface area contributed by atoms with Crippen LogP contribution in [0.2, 0.25) is 5.02 Å². The van der Waals surface area contributed by atoms with Crippen molar-refractivity contribution >= 4 is 28.4 Å². The van der Waals surface area contributed by atoms with Crippen molar-refractivity contribution in [2.45, 2.75) is 50.8 Å². The van der Waals surface area contributed by atoms with Gasteiger partial charge < -0.3 is 15.0 Å². The molecule has 1 amide bonds. The fraction of sp³-hybridized carbons (Fsp3) is 0.409. The van der Waals surface area contributed by atoms with Crippen LogP contribution in [0.15, 0.2) is 35.1 Å². The van der Waals surface area contributed by atoms with E-state index in [0.29, 0.717) is 23.9 Å². The van der Waals surface area contributed by atoms with E-state index in [-0.39, 0.29) is 23.6 Å². The molecule has 5 rings (SSSR count). The second kappa shape index (κ2) is 7.89. The fourth-order valence-electron chi connectivity index (χ4n) is 4.44. The number of amides is 1. The molecule has 1 aliphatic heterocycles. The normalized spacial score (nSPS) is 21.4. The van der Waals surface area contributed by atoms with Crippen LogP contribution in [0.3, 0.4) is 0 Å². The summed E-state index contributed by atoms with van der Waals surface area (Å²) in [6.07, 6.45) is 4.01. The number of rotatable bonds is 3. The Morgan fingerprint density at radius 3 is 2.87 bits per heavy atom. The van der Waals surface area contributed by atoms with E-state index >= 15 is 0 Å². The van der Waals surface area contributed by atoms with Crippen LogP contribution >= 0.6 is 11.6 Å². The lowest BCUT2D eigenvalue weighted by Crippen LogP contribution is -2.40. The molecule has 0 atom stereocenters. The molecule has 0 saturated heterocycles. The van der Waals surface area contributed by atoms with Gasteiger partial charge in [-0.05, 0) is 49.9 Å². The number of hydrogen-bond donors (Lipinski definition) is 2. The van der Waals surface area contributed by atoms with Gasteiger partial charge in [0.2, 0.25) is 0 Å². The van der Waals surface area contributed by atoms with Gasteiger partial charge in [-0.15, -0.1) is 0 Å². The predicted octanol–water partition coefficient (Wildman–Crippen LogP) is 3.36. The van der Waals surface area contributed by atoms with Gasteiger partial charge in [-0.1, -0.05) is 11.6 Å². The number of H-pyrrole nitrogens is 1. The van der Waals surface area contributed by atoms with Gasteiger partial charge in [-0.3, -0.25) is 9.59 Å². The minimum absolute atomic E-state index is 0.0662. The van der Waals surface area contributed by atoms with Crippen molar-refractivity contribution in [3.63, 3.8) is 0 Å². The Bertz CT molecular complexity index is 1160. The van der Waals surface area contributed by atoms with Crippen LogP contribution in [0.1, 0.15) is 53.5 Å². The summed E-state index contributed by atoms with van der Waals surface area (Å²) in [6, 6.07) is 9.16. The Hall–Kier alpha value is -2.64. The summed E-state index contributed by atoms with van der Waals surface area (Å²) in [4.78, 5) is 28.3. The molecule has 1 fully saturated rings. The van der Waals surface area contributed by atoms with Gasteiger partial charge in [-0.25, -0.2) is 4.68 Å². The number of hydrogen-bond acceptors (Lipinski definition) is 4. The van der Waals surface area contributed by atoms with Crippen molar-refractivity contribution in [1.82, 2.24) is 20.1 Å². The van der Waals surface area contributed by atoms with Crippen molar-refractivity contribution in [3.8, 4) is 0 Å². The third-order valence-corrected chi connectivity index (χ3v) is 6.30. The smallest absolute Gasteiger partial charge is 0.267 e. The molecule has 0 radical (unpaired) electrons. The summed E-state index contributed by atoms with van der Waals surface area (Å²) in [6.45, 7) is 1.12. The van der Waals surface area contributed by atoms with Crippen LogP contribution in [-0.4, -0.2) is 33.3 Å². The minimum Gasteiger partial charge on any atom is -0.376 e. The van der Waals surface area contributed by atoms with Crippen molar-refractivity contribution in [1.29, 1.82) is 0 Å². The Morgan fingerprint density at radius 2 is 2.03 bits per heavy atom. The fourth-order valence-corrected chi connectivity index (χ4v) is 4.62. The average Bonchev–Trinajstić information content (AvgIpc) is 3.17. The average molecular weight is 427 g/mol. The first-order chi connectivity index (χ1) is 14.6. The van der Waals surface area contributed by atoms with E-state index in [1.54, 1.807) is 16.8 Å². The number of fused-ring (bicyclic) bond motifs is 2. The highest BCUT2D eigenvalue weighted by molar-refractivity contribution is 6.31. The maximum atomic E-state index is 12.7. The molecule has 2 N–H and O–H groups in total. The number of nitrogens with zero attached hydrogens (tertiary/aromatic N) is 2. The van der Waals surface area contributed by atoms with Gasteiger partial charge in [0.15, 0.2) is 0 Å². The number of carbonyl (C=O) groups is 1. The van der Waals surface area contributed by atoms with Crippen LogP contribution in [0.4, 0.5) is 0 Å². The highest BCUT2D eigenvalue weighted by atomic mass is 35.5. The Balaban J connectivity index is 1.23. The van der Waals surface area contributed by atoms with E-state index < -0.39 is 0 Å². The van der Waals surface area contributed by atoms with Gasteiger partial charge in [0.25, 0.3) is 11.5 Å². The third kappa shape index (κ3) is 3.75. The molecular weight excluding hydrogens is 404 g/mol. The first-order valence-electron chi connectivity index (χ1n) is 10.4. The van der Waals surface area contributed by atoms with Crippen molar-refractivity contribution in [2.24, 2.45) is 0 Å². The second-order valence-corrected chi connectivity index (χ2v) is 8.53. The number of benzene rings is 1. The van der Waals surface area contributed by atoms with Crippen molar-refractivity contribution in [2.75, 3.05) is 6.61 Å². The molecule has 0 spiro atoms. The number of nitrogens with one attached hydrogen (secondary N) is 2. The Morgan fingerprint density at radius 1 is 1.20 bits per heavy atom. The molecule has 30 heavy (non-hydrogen) atoms. The van der Waals surface area contributed by atoms with Crippen molar-refractivity contribution in [3.05, 3.63) is 62.7 Å². The van der Waals surface area contributed by atoms with Gasteiger partial charge in [-0.2, -0.15) is 5.10 Å². The van der Waals surface area contributed by atoms with Crippen molar-refractivity contribution < 1.29 is 9.53 Å². The molecule has 0 bridgehead atoms. The molecule has 1 aliphatic carbocycles. The molecule has 8 heteroatoms. The number of ether oxygens (including phenoxy) is 1. The number of aromatic nitrogens is 3. The summed E-state index contributed by atoms with van der Waals surface area (Å²) in [5.74, 6) is -0.116. The van der Waals surface area contributed by atoms with E-state index in [1.165, 1.54) is 0 Å². The summed E-state index contributed by atoms with van der Waals surface area (Å²) in [5, 5.41) is 9.30. The molecule has 7 nitrogen and oxygen atoms in total. The first-order valence-corrected chi connectivity index (χ1v) is 10.7. The second-order valence-electron chi connectivity index (χ2n) is 8.10. The molecule has 3 heterocycles. The molecule has 156 valence electrons. The van der Waals surface area contributed by atoms with E-state index in [0.717, 1.165) is 54.3 Å². The van der Waals surface area contributed by atoms with E-state index in [1.807, 2.05) is 18.2 Å². The molecular formula is C22H23ClN4O3. The lowest BCUT2D eigenvalue weighted by Gasteiger charge is -2.30. The largest absolute Gasteiger partial charge is 0.376 e. The third-order valence-electron chi connectivity index (χ3n) is 6.07. The van der Waals surface area contributed by atoms with E-state index in [9.17, 15) is 9.59 Å². The van der Waals surface area contributed by atoms with Crippen LogP contribution in [0.5, 0.6) is 0 Å². The zero-order valence-corrected chi connectivity index (χ0v) is 17.2. The monoisotopic (exact) mass is 426 g/mol. The summed E-state index contributed by atoms with van der Waals surface area (Å²) in [7, 11) is 0. The van der Waals surface area contributed by atoms with E-state index in [2.05, 4.69) is 15.4 Å². The maximum Gasteiger partial charge on any atom is 0.267 e. The van der Waals surface area contributed by atoms with Gasteiger partial charge >= 0.3 is 0 Å². The standard InChI is InChI=1S/C22H23ClN4O3/c23-15-1-6-18-13(9-15)10-20(25-18)22(29)24-16-2-4-17(5-3-16)27-21(28)11-14-12-30-8-7-19(14)26-27/h1,6,9-11,16-17,25H,2-5,7-8,12H2,(H,24,29). The molecule has 1 saturated carbocycles. The molecule has 3 aromatic rings. The quantitative estimate of drug-likeness (QED) is 0.672. The lowest BCUT2D eigenvalue weighted by atomic mass is 9.91. The van der Waals surface area contributed by atoms with Crippen LogP contribution < -0.4 is 10.9 Å². The number of carbonyl (C=O) groups excluding carboxylic acids is 1. The topological polar surface area (TPSA) is 89.0 Å². The molecule has 2 aliphatic rings. The number of aromatic amines is 1. The zero-order valence-electron chi connectivity index (χ0n) is 16.5. The predicted molar refractivity (Wildman–Crippen MR) is 114 cm³/mol. The van der Waals surface area contributed by atoms with Gasteiger partial charge in [0, 0.05) is 40.0 Å². The molecule has 2 aromatic heterocycles. The summed E-state index contributed by atoms with van der Waals surface area (Å²) >= 11 is 6.03. The SMILES string of the molecule is O=C(NC1CCC(n2nc3c(cc2=O)COCC3)CC1)c1cc2cc(Cl)ccc2[nH]1. The van der Waals surface area contributed by atoms with Crippen LogP contribution in [0, 0.1) is 0 Å². The minimum atomic E-state index is -0.116. The summed E-state index contributed by atoms with van der Waals surface area (Å²) in [5.41, 5.74) is 3.22. The number of halogens is 1. The highest BCUT2D eigenvalue weighted by Gasteiger charge is 2.26. The lowest BCUT2D eigenvalue weighted by molar-refractivity contribution is 0.0916. The molecule has 1 aromatic carbocycles. The van der Waals surface area contributed by atoms with Gasteiger partial charge in [0.05, 0.1) is 24.9 Å². The Kier molecular flexibility index (Phi) is 5.08. The Labute approximate surface area is 178 Å². The van der Waals surface area contributed by atoms with E-state index in [4.69, 9.17) is 16.3 Å². The maximum absolute atomic E-state index is 12.7.